The number of halogens is 1. The third-order valence-electron chi connectivity index (χ3n) is 5.67. The number of benzene rings is 1. The Morgan fingerprint density at radius 1 is 1.17 bits per heavy atom. The molecule has 2 aliphatic rings. The van der Waals surface area contributed by atoms with Gasteiger partial charge in [-0.1, -0.05) is 23.7 Å². The van der Waals surface area contributed by atoms with Gasteiger partial charge in [0.2, 0.25) is 0 Å². The molecule has 0 radical (unpaired) electrons. The number of rotatable bonds is 2. The van der Waals surface area contributed by atoms with Crippen molar-refractivity contribution in [2.45, 2.75) is 43.6 Å². The van der Waals surface area contributed by atoms with Crippen molar-refractivity contribution in [2.75, 3.05) is 33.2 Å². The van der Waals surface area contributed by atoms with Gasteiger partial charge in [-0.25, -0.2) is 0 Å². The third kappa shape index (κ3) is 3.71. The number of hydrogen-bond donors (Lipinski definition) is 0. The first-order chi connectivity index (χ1) is 11.1. The Kier molecular flexibility index (Phi) is 5.26. The van der Waals surface area contributed by atoms with Gasteiger partial charge < -0.3 is 4.90 Å². The quantitative estimate of drug-likeness (QED) is 0.828. The molecule has 1 saturated heterocycles. The van der Waals surface area contributed by atoms with Crippen LogP contribution in [0, 0.1) is 11.3 Å². The van der Waals surface area contributed by atoms with Crippen LogP contribution in [0.4, 0.5) is 0 Å². The van der Waals surface area contributed by atoms with Crippen LogP contribution in [0.3, 0.4) is 0 Å². The predicted molar refractivity (Wildman–Crippen MR) is 94.7 cm³/mol. The van der Waals surface area contributed by atoms with E-state index in [1.54, 1.807) is 0 Å². The first kappa shape index (κ1) is 16.8. The van der Waals surface area contributed by atoms with Gasteiger partial charge in [0.25, 0.3) is 0 Å². The SMILES string of the molecule is CN1CCCN(C2CCC(C#N)(c3cccc(Cl)c3)CC2)CC1. The minimum atomic E-state index is -0.343. The smallest absolute Gasteiger partial charge is 0.0824 e. The van der Waals surface area contributed by atoms with Gasteiger partial charge in [0.1, 0.15) is 0 Å². The molecular formula is C19H26ClN3. The van der Waals surface area contributed by atoms with Crippen LogP contribution in [0.2, 0.25) is 5.02 Å². The van der Waals surface area contributed by atoms with Crippen molar-refractivity contribution in [3.63, 3.8) is 0 Å². The molecule has 124 valence electrons. The summed E-state index contributed by atoms with van der Waals surface area (Å²) in [6, 6.07) is 11.2. The molecule has 0 aromatic heterocycles. The Labute approximate surface area is 144 Å². The third-order valence-corrected chi connectivity index (χ3v) is 5.91. The Bertz CT molecular complexity index is 572. The van der Waals surface area contributed by atoms with Crippen molar-refractivity contribution in [1.82, 2.24) is 9.80 Å². The van der Waals surface area contributed by atoms with Crippen LogP contribution in [-0.2, 0) is 5.41 Å². The van der Waals surface area contributed by atoms with E-state index in [1.165, 1.54) is 19.5 Å². The summed E-state index contributed by atoms with van der Waals surface area (Å²) in [5.41, 5.74) is 0.755. The van der Waals surface area contributed by atoms with Crippen molar-refractivity contribution in [3.05, 3.63) is 34.9 Å². The Balaban J connectivity index is 1.68. The average molecular weight is 332 g/mol. The van der Waals surface area contributed by atoms with E-state index >= 15 is 0 Å². The second kappa shape index (κ2) is 7.21. The Morgan fingerprint density at radius 2 is 1.96 bits per heavy atom. The monoisotopic (exact) mass is 331 g/mol. The minimum absolute atomic E-state index is 0.343. The summed E-state index contributed by atoms with van der Waals surface area (Å²) in [5, 5.41) is 10.6. The normalized spacial score (nSPS) is 30.6. The maximum atomic E-state index is 9.85. The van der Waals surface area contributed by atoms with E-state index in [4.69, 9.17) is 11.6 Å². The van der Waals surface area contributed by atoms with Gasteiger partial charge in [0.15, 0.2) is 0 Å². The molecule has 0 atom stereocenters. The number of nitrogens with zero attached hydrogens (tertiary/aromatic N) is 3. The number of likely N-dealkylation sites (N-methyl/N-ethyl adjacent to an activating group) is 1. The number of nitriles is 1. The zero-order chi connectivity index (χ0) is 16.3. The van der Waals surface area contributed by atoms with Gasteiger partial charge in [-0.05, 0) is 69.9 Å². The highest BCUT2D eigenvalue weighted by Crippen LogP contribution is 2.41. The van der Waals surface area contributed by atoms with E-state index in [1.807, 2.05) is 18.2 Å². The molecule has 2 fully saturated rings. The Morgan fingerprint density at radius 3 is 2.65 bits per heavy atom. The highest BCUT2D eigenvalue weighted by atomic mass is 35.5. The Hall–Kier alpha value is -1.08. The lowest BCUT2D eigenvalue weighted by molar-refractivity contribution is 0.141. The van der Waals surface area contributed by atoms with Gasteiger partial charge in [0, 0.05) is 24.2 Å². The molecule has 0 unspecified atom stereocenters. The predicted octanol–water partition coefficient (Wildman–Crippen LogP) is 3.68. The highest BCUT2D eigenvalue weighted by molar-refractivity contribution is 6.30. The molecule has 1 aliphatic carbocycles. The molecule has 1 aromatic rings. The van der Waals surface area contributed by atoms with Crippen LogP contribution in [0.25, 0.3) is 0 Å². The summed E-state index contributed by atoms with van der Waals surface area (Å²) in [4.78, 5) is 5.08. The molecule has 23 heavy (non-hydrogen) atoms. The van der Waals surface area contributed by atoms with Gasteiger partial charge in [-0.2, -0.15) is 5.26 Å². The van der Waals surface area contributed by atoms with Crippen molar-refractivity contribution in [3.8, 4) is 6.07 Å². The van der Waals surface area contributed by atoms with Crippen LogP contribution < -0.4 is 0 Å². The maximum Gasteiger partial charge on any atom is 0.0824 e. The maximum absolute atomic E-state index is 9.85. The lowest BCUT2D eigenvalue weighted by Gasteiger charge is -2.40. The first-order valence-corrected chi connectivity index (χ1v) is 9.11. The largest absolute Gasteiger partial charge is 0.305 e. The van der Waals surface area contributed by atoms with Gasteiger partial charge >= 0.3 is 0 Å². The van der Waals surface area contributed by atoms with E-state index in [2.05, 4.69) is 29.0 Å². The molecule has 1 aromatic carbocycles. The van der Waals surface area contributed by atoms with Crippen molar-refractivity contribution >= 4 is 11.6 Å². The summed E-state index contributed by atoms with van der Waals surface area (Å²) in [5.74, 6) is 0. The molecule has 1 aliphatic heterocycles. The molecule has 0 N–H and O–H groups in total. The molecule has 3 rings (SSSR count). The molecular weight excluding hydrogens is 306 g/mol. The van der Waals surface area contributed by atoms with Crippen LogP contribution in [0.15, 0.2) is 24.3 Å². The standard InChI is InChI=1S/C19H26ClN3/c1-22-10-3-11-23(13-12-22)18-6-8-19(15-21,9-7-18)16-4-2-5-17(20)14-16/h2,4-5,14,18H,3,6-13H2,1H3. The summed E-state index contributed by atoms with van der Waals surface area (Å²) in [6.45, 7) is 4.73. The fourth-order valence-electron chi connectivity index (χ4n) is 4.14. The van der Waals surface area contributed by atoms with Gasteiger partial charge in [0.05, 0.1) is 11.5 Å². The van der Waals surface area contributed by atoms with Crippen molar-refractivity contribution in [2.24, 2.45) is 0 Å². The van der Waals surface area contributed by atoms with Gasteiger partial charge in [-0.3, -0.25) is 4.90 Å². The molecule has 4 heteroatoms. The second-order valence-corrected chi connectivity index (χ2v) is 7.56. The minimum Gasteiger partial charge on any atom is -0.305 e. The summed E-state index contributed by atoms with van der Waals surface area (Å²) >= 11 is 6.14. The zero-order valence-electron chi connectivity index (χ0n) is 14.0. The van der Waals surface area contributed by atoms with Crippen LogP contribution in [0.5, 0.6) is 0 Å². The lowest BCUT2D eigenvalue weighted by atomic mass is 9.69. The topological polar surface area (TPSA) is 30.3 Å². The first-order valence-electron chi connectivity index (χ1n) is 8.73. The molecule has 0 amide bonds. The molecule has 0 bridgehead atoms. The average Bonchev–Trinajstić information content (AvgIpc) is 2.80. The highest BCUT2D eigenvalue weighted by Gasteiger charge is 2.38. The van der Waals surface area contributed by atoms with Crippen molar-refractivity contribution in [1.29, 1.82) is 5.26 Å². The number of hydrogen-bond acceptors (Lipinski definition) is 3. The fourth-order valence-corrected chi connectivity index (χ4v) is 4.33. The van der Waals surface area contributed by atoms with Crippen LogP contribution in [0.1, 0.15) is 37.7 Å². The molecule has 0 spiro atoms. The van der Waals surface area contributed by atoms with E-state index in [0.29, 0.717) is 6.04 Å². The summed E-state index contributed by atoms with van der Waals surface area (Å²) in [7, 11) is 2.21. The fraction of sp³-hybridized carbons (Fsp3) is 0.632. The zero-order valence-corrected chi connectivity index (χ0v) is 14.7. The molecule has 1 heterocycles. The second-order valence-electron chi connectivity index (χ2n) is 7.13. The van der Waals surface area contributed by atoms with Crippen LogP contribution in [-0.4, -0.2) is 49.1 Å². The molecule has 3 nitrogen and oxygen atoms in total. The summed E-state index contributed by atoms with van der Waals surface area (Å²) < 4.78 is 0. The molecule has 1 saturated carbocycles. The van der Waals surface area contributed by atoms with E-state index < -0.39 is 0 Å². The van der Waals surface area contributed by atoms with Crippen molar-refractivity contribution < 1.29 is 0 Å². The van der Waals surface area contributed by atoms with Gasteiger partial charge in [-0.15, -0.1) is 0 Å². The van der Waals surface area contributed by atoms with E-state index in [-0.39, 0.29) is 5.41 Å². The lowest BCUT2D eigenvalue weighted by Crippen LogP contribution is -2.43. The van der Waals surface area contributed by atoms with E-state index in [9.17, 15) is 5.26 Å². The van der Waals surface area contributed by atoms with Crippen LogP contribution >= 0.6 is 11.6 Å². The van der Waals surface area contributed by atoms with E-state index in [0.717, 1.165) is 49.4 Å². The summed E-state index contributed by atoms with van der Waals surface area (Å²) in [6.07, 6.45) is 5.37.